The number of Topliss-reactive ketones (excluding diaryl/α,β-unsaturated/α-hetero) is 1. The summed E-state index contributed by atoms with van der Waals surface area (Å²) in [4.78, 5) is 37.2. The first-order valence-electron chi connectivity index (χ1n) is 11.0. The van der Waals surface area contributed by atoms with Gasteiger partial charge in [-0.3, -0.25) is 14.4 Å². The lowest BCUT2D eigenvalue weighted by Crippen LogP contribution is -2.57. The van der Waals surface area contributed by atoms with E-state index in [0.717, 1.165) is 44.9 Å². The average molecular weight is 391 g/mol. The Morgan fingerprint density at radius 2 is 1.79 bits per heavy atom. The first kappa shape index (κ1) is 19.9. The highest BCUT2D eigenvalue weighted by molar-refractivity contribution is 5.92. The van der Waals surface area contributed by atoms with Crippen molar-refractivity contribution < 1.29 is 23.9 Å². The van der Waals surface area contributed by atoms with Crippen LogP contribution in [0.3, 0.4) is 0 Å². The van der Waals surface area contributed by atoms with E-state index in [1.54, 1.807) is 0 Å². The van der Waals surface area contributed by atoms with E-state index in [1.807, 2.05) is 6.92 Å². The molecule has 4 fully saturated rings. The molecular formula is C23H34O5. The molecule has 4 rings (SSSR count). The fourth-order valence-electron chi connectivity index (χ4n) is 7.80. The fraction of sp³-hybridized carbons (Fsp3) is 0.870. The number of hydrogen-bond acceptors (Lipinski definition) is 5. The van der Waals surface area contributed by atoms with Crippen molar-refractivity contribution in [1.82, 2.24) is 0 Å². The highest BCUT2D eigenvalue weighted by atomic mass is 16.5. The van der Waals surface area contributed by atoms with Crippen molar-refractivity contribution in [3.05, 3.63) is 0 Å². The van der Waals surface area contributed by atoms with Gasteiger partial charge in [0.25, 0.3) is 0 Å². The number of rotatable bonds is 2. The highest BCUT2D eigenvalue weighted by Crippen LogP contribution is 2.66. The van der Waals surface area contributed by atoms with Crippen molar-refractivity contribution in [1.29, 1.82) is 0 Å². The smallest absolute Gasteiger partial charge is 0.309 e. The van der Waals surface area contributed by atoms with Crippen molar-refractivity contribution in [2.45, 2.75) is 78.2 Å². The lowest BCUT2D eigenvalue weighted by atomic mass is 9.44. The summed E-state index contributed by atoms with van der Waals surface area (Å²) in [5.74, 6) is 1.32. The van der Waals surface area contributed by atoms with Crippen LogP contribution < -0.4 is 0 Å². The van der Waals surface area contributed by atoms with Crippen LogP contribution in [-0.4, -0.2) is 30.9 Å². The van der Waals surface area contributed by atoms with Gasteiger partial charge in [-0.25, -0.2) is 0 Å². The molecule has 0 N–H and O–H groups in total. The zero-order valence-corrected chi connectivity index (χ0v) is 17.7. The molecule has 4 aliphatic rings. The molecule has 0 bridgehead atoms. The molecule has 4 aliphatic carbocycles. The molecule has 0 aliphatic heterocycles. The molecule has 28 heavy (non-hydrogen) atoms. The van der Waals surface area contributed by atoms with Gasteiger partial charge in [-0.1, -0.05) is 13.8 Å². The van der Waals surface area contributed by atoms with E-state index in [2.05, 4.69) is 6.92 Å². The van der Waals surface area contributed by atoms with Crippen LogP contribution in [0.25, 0.3) is 0 Å². The molecule has 0 unspecified atom stereocenters. The number of carbonyl (C=O) groups excluding carboxylic acids is 3. The second-order valence-corrected chi connectivity index (χ2v) is 10.2. The Morgan fingerprint density at radius 1 is 1.04 bits per heavy atom. The van der Waals surface area contributed by atoms with Crippen LogP contribution >= 0.6 is 0 Å². The largest absolute Gasteiger partial charge is 0.469 e. The van der Waals surface area contributed by atoms with Crippen LogP contribution in [0.2, 0.25) is 0 Å². The zero-order valence-electron chi connectivity index (χ0n) is 17.7. The Balaban J connectivity index is 1.58. The molecule has 0 saturated heterocycles. The Hall–Kier alpha value is -1.39. The third-order valence-electron chi connectivity index (χ3n) is 9.30. The van der Waals surface area contributed by atoms with Crippen LogP contribution in [0, 0.1) is 40.4 Å². The summed E-state index contributed by atoms with van der Waals surface area (Å²) in [5.41, 5.74) is -0.410. The normalized spacial score (nSPS) is 47.5. The fourth-order valence-corrected chi connectivity index (χ4v) is 7.80. The SMILES string of the molecule is COC(=O)[C@@H]1CC[C@@H]2[C@@H]3CC[C@@H]4C[C@H](OC(C)=O)CC[C@]4(C)[C@@H]3CC(=O)[C@@]21C. The molecule has 5 heteroatoms. The lowest BCUT2D eigenvalue weighted by Gasteiger charge is -2.60. The van der Waals surface area contributed by atoms with Gasteiger partial charge >= 0.3 is 11.9 Å². The minimum absolute atomic E-state index is 0.0341. The third kappa shape index (κ3) is 2.75. The maximum Gasteiger partial charge on any atom is 0.309 e. The van der Waals surface area contributed by atoms with Gasteiger partial charge < -0.3 is 9.47 Å². The van der Waals surface area contributed by atoms with Gasteiger partial charge in [0.1, 0.15) is 11.9 Å². The molecule has 0 spiro atoms. The van der Waals surface area contributed by atoms with Crippen LogP contribution in [0.15, 0.2) is 0 Å². The first-order valence-corrected chi connectivity index (χ1v) is 11.0. The Labute approximate surface area is 167 Å². The van der Waals surface area contributed by atoms with E-state index < -0.39 is 5.41 Å². The van der Waals surface area contributed by atoms with Gasteiger partial charge in [0, 0.05) is 18.8 Å². The summed E-state index contributed by atoms with van der Waals surface area (Å²) in [5, 5.41) is 0. The van der Waals surface area contributed by atoms with Crippen molar-refractivity contribution in [2.75, 3.05) is 7.11 Å². The molecular weight excluding hydrogens is 356 g/mol. The number of hydrogen-bond donors (Lipinski definition) is 0. The Kier molecular flexibility index (Phi) is 4.86. The number of esters is 2. The summed E-state index contributed by atoms with van der Waals surface area (Å²) in [7, 11) is 1.43. The van der Waals surface area contributed by atoms with Crippen LogP contribution in [0.1, 0.15) is 72.1 Å². The van der Waals surface area contributed by atoms with Gasteiger partial charge in [-0.15, -0.1) is 0 Å². The van der Waals surface area contributed by atoms with Crippen LogP contribution in [0.4, 0.5) is 0 Å². The van der Waals surface area contributed by atoms with Crippen molar-refractivity contribution >= 4 is 17.7 Å². The molecule has 0 aromatic rings. The number of ether oxygens (including phenoxy) is 2. The topological polar surface area (TPSA) is 69.7 Å². The molecule has 5 nitrogen and oxygen atoms in total. The molecule has 0 radical (unpaired) electrons. The molecule has 0 heterocycles. The minimum Gasteiger partial charge on any atom is -0.469 e. The van der Waals surface area contributed by atoms with E-state index >= 15 is 0 Å². The van der Waals surface area contributed by atoms with Gasteiger partial charge in [-0.05, 0) is 74.0 Å². The van der Waals surface area contributed by atoms with E-state index in [9.17, 15) is 14.4 Å². The van der Waals surface area contributed by atoms with E-state index in [0.29, 0.717) is 30.1 Å². The van der Waals surface area contributed by atoms with Crippen LogP contribution in [0.5, 0.6) is 0 Å². The summed E-state index contributed by atoms with van der Waals surface area (Å²) in [6.07, 6.45) is 7.48. The van der Waals surface area contributed by atoms with Crippen molar-refractivity contribution in [2.24, 2.45) is 40.4 Å². The van der Waals surface area contributed by atoms with Crippen molar-refractivity contribution in [3.63, 3.8) is 0 Å². The molecule has 8 atom stereocenters. The molecule has 0 aromatic heterocycles. The summed E-state index contributed by atoms with van der Waals surface area (Å²) in [6.45, 7) is 5.90. The number of ketones is 1. The predicted molar refractivity (Wildman–Crippen MR) is 103 cm³/mol. The minimum atomic E-state index is -0.549. The Bertz CT molecular complexity index is 686. The lowest BCUT2D eigenvalue weighted by molar-refractivity contribution is -0.171. The third-order valence-corrected chi connectivity index (χ3v) is 9.30. The maximum atomic E-state index is 13.4. The summed E-state index contributed by atoms with van der Waals surface area (Å²) >= 11 is 0. The maximum absolute atomic E-state index is 13.4. The second kappa shape index (κ2) is 6.84. The number of fused-ring (bicyclic) bond motifs is 5. The van der Waals surface area contributed by atoms with E-state index in [-0.39, 0.29) is 35.2 Å². The summed E-state index contributed by atoms with van der Waals surface area (Å²) in [6, 6.07) is 0. The zero-order chi connectivity index (χ0) is 20.3. The number of methoxy groups -OCH3 is 1. The number of carbonyl (C=O) groups is 3. The quantitative estimate of drug-likeness (QED) is 0.668. The highest BCUT2D eigenvalue weighted by Gasteiger charge is 2.65. The van der Waals surface area contributed by atoms with Gasteiger partial charge in [0.05, 0.1) is 13.0 Å². The molecule has 156 valence electrons. The monoisotopic (exact) mass is 390 g/mol. The van der Waals surface area contributed by atoms with Crippen LogP contribution in [-0.2, 0) is 23.9 Å². The van der Waals surface area contributed by atoms with Gasteiger partial charge in [0.2, 0.25) is 0 Å². The van der Waals surface area contributed by atoms with Crippen molar-refractivity contribution in [3.8, 4) is 0 Å². The predicted octanol–water partition coefficient (Wildman–Crippen LogP) is 3.93. The molecule has 4 saturated carbocycles. The van der Waals surface area contributed by atoms with Gasteiger partial charge in [-0.2, -0.15) is 0 Å². The van der Waals surface area contributed by atoms with E-state index in [1.165, 1.54) is 14.0 Å². The first-order chi connectivity index (χ1) is 13.2. The van der Waals surface area contributed by atoms with E-state index in [4.69, 9.17) is 9.47 Å². The van der Waals surface area contributed by atoms with Gasteiger partial charge in [0.15, 0.2) is 0 Å². The standard InChI is InChI=1S/C23H34O5/c1-13(24)28-15-9-10-22(2)14(11-15)5-6-16-17-7-8-18(21(26)27-4)23(17,3)20(25)12-19(16)22/h14-19H,5-12H2,1-4H3/t14-,15-,16+,17-,18+,19-,22+,23+/m1/s1. The second-order valence-electron chi connectivity index (χ2n) is 10.2. The summed E-state index contributed by atoms with van der Waals surface area (Å²) < 4.78 is 10.6. The molecule has 0 amide bonds. The molecule has 0 aromatic carbocycles. The Morgan fingerprint density at radius 3 is 2.46 bits per heavy atom. The average Bonchev–Trinajstić information content (AvgIpc) is 3.01.